The van der Waals surface area contributed by atoms with Crippen LogP contribution >= 0.6 is 0 Å². The third kappa shape index (κ3) is 3.08. The average molecular weight is 260 g/mol. The van der Waals surface area contributed by atoms with Crippen molar-refractivity contribution in [3.8, 4) is 0 Å². The first-order valence-electron chi connectivity index (χ1n) is 7.40. The standard InChI is InChI=1S/C16H22O.C2H6/c1-11(17)12-6-7-13-14(10-12)16(4,5)9-8-15(13,2)3;1-2/h6-7,10H,8-9H2,1-5H3;1-2H3. The van der Waals surface area contributed by atoms with E-state index >= 15 is 0 Å². The van der Waals surface area contributed by atoms with Crippen LogP contribution in [-0.2, 0) is 10.8 Å². The number of benzene rings is 1. The zero-order valence-electron chi connectivity index (χ0n) is 13.6. The van der Waals surface area contributed by atoms with Crippen LogP contribution in [0.25, 0.3) is 0 Å². The quantitative estimate of drug-likeness (QED) is 0.629. The van der Waals surface area contributed by atoms with Crippen LogP contribution in [0.1, 0.15) is 82.8 Å². The molecule has 0 aromatic heterocycles. The SMILES string of the molecule is CC.CC(=O)c1ccc2c(c1)C(C)(C)CCC2(C)C. The molecule has 0 saturated heterocycles. The van der Waals surface area contributed by atoms with Gasteiger partial charge in [0.2, 0.25) is 0 Å². The van der Waals surface area contributed by atoms with Gasteiger partial charge in [0.25, 0.3) is 0 Å². The van der Waals surface area contributed by atoms with Gasteiger partial charge >= 0.3 is 0 Å². The molecule has 0 heterocycles. The summed E-state index contributed by atoms with van der Waals surface area (Å²) in [6.07, 6.45) is 2.40. The van der Waals surface area contributed by atoms with Gasteiger partial charge in [-0.15, -0.1) is 0 Å². The zero-order chi connectivity index (χ0) is 14.8. The second-order valence-corrected chi connectivity index (χ2v) is 6.58. The first kappa shape index (κ1) is 15.9. The molecule has 2 rings (SSSR count). The lowest BCUT2D eigenvalue weighted by Gasteiger charge is -2.42. The summed E-state index contributed by atoms with van der Waals surface area (Å²) in [5, 5.41) is 0. The minimum atomic E-state index is 0.159. The van der Waals surface area contributed by atoms with E-state index in [4.69, 9.17) is 0 Å². The Balaban J connectivity index is 0.000000861. The average Bonchev–Trinajstić information content (AvgIpc) is 2.37. The molecule has 0 amide bonds. The Morgan fingerprint density at radius 2 is 1.42 bits per heavy atom. The van der Waals surface area contributed by atoms with E-state index in [-0.39, 0.29) is 16.6 Å². The first-order valence-corrected chi connectivity index (χ1v) is 7.40. The van der Waals surface area contributed by atoms with Gasteiger partial charge in [-0.25, -0.2) is 0 Å². The molecule has 0 aliphatic heterocycles. The lowest BCUT2D eigenvalue weighted by molar-refractivity contribution is 0.101. The number of hydrogen-bond donors (Lipinski definition) is 0. The van der Waals surface area contributed by atoms with Crippen LogP contribution in [0.15, 0.2) is 18.2 Å². The molecule has 1 aliphatic rings. The van der Waals surface area contributed by atoms with Crippen LogP contribution in [0.3, 0.4) is 0 Å². The Hall–Kier alpha value is -1.11. The Kier molecular flexibility index (Phi) is 4.60. The van der Waals surface area contributed by atoms with Crippen LogP contribution in [0, 0.1) is 0 Å². The molecule has 0 bridgehead atoms. The van der Waals surface area contributed by atoms with Gasteiger partial charge in [0, 0.05) is 5.56 Å². The maximum atomic E-state index is 11.5. The summed E-state index contributed by atoms with van der Waals surface area (Å²) in [7, 11) is 0. The third-order valence-electron chi connectivity index (χ3n) is 4.26. The van der Waals surface area contributed by atoms with Crippen molar-refractivity contribution in [1.82, 2.24) is 0 Å². The minimum absolute atomic E-state index is 0.159. The number of fused-ring (bicyclic) bond motifs is 1. The Morgan fingerprint density at radius 3 is 1.89 bits per heavy atom. The minimum Gasteiger partial charge on any atom is -0.295 e. The number of rotatable bonds is 1. The summed E-state index contributed by atoms with van der Waals surface area (Å²) < 4.78 is 0. The van der Waals surface area contributed by atoms with Crippen molar-refractivity contribution in [3.63, 3.8) is 0 Å². The van der Waals surface area contributed by atoms with Crippen LogP contribution in [-0.4, -0.2) is 5.78 Å². The van der Waals surface area contributed by atoms with Crippen molar-refractivity contribution < 1.29 is 4.79 Å². The van der Waals surface area contributed by atoms with Gasteiger partial charge in [0.15, 0.2) is 5.78 Å². The predicted molar refractivity (Wildman–Crippen MR) is 83.1 cm³/mol. The second kappa shape index (κ2) is 5.48. The van der Waals surface area contributed by atoms with E-state index in [1.54, 1.807) is 6.92 Å². The van der Waals surface area contributed by atoms with Crippen molar-refractivity contribution in [2.45, 2.75) is 72.1 Å². The largest absolute Gasteiger partial charge is 0.295 e. The summed E-state index contributed by atoms with van der Waals surface area (Å²) in [4.78, 5) is 11.5. The van der Waals surface area contributed by atoms with E-state index in [1.807, 2.05) is 19.9 Å². The van der Waals surface area contributed by atoms with Crippen molar-refractivity contribution in [2.24, 2.45) is 0 Å². The molecule has 0 fully saturated rings. The highest BCUT2D eigenvalue weighted by Crippen LogP contribution is 2.45. The number of Topliss-reactive ketones (excluding diaryl/α,β-unsaturated/α-hetero) is 1. The van der Waals surface area contributed by atoms with Crippen molar-refractivity contribution in [3.05, 3.63) is 34.9 Å². The molecular weight excluding hydrogens is 232 g/mol. The molecule has 1 aliphatic carbocycles. The molecule has 0 saturated carbocycles. The molecule has 1 aromatic rings. The molecule has 0 N–H and O–H groups in total. The van der Waals surface area contributed by atoms with Gasteiger partial charge in [-0.1, -0.05) is 53.7 Å². The molecule has 0 unspecified atom stereocenters. The van der Waals surface area contributed by atoms with Crippen LogP contribution in [0.2, 0.25) is 0 Å². The van der Waals surface area contributed by atoms with Gasteiger partial charge in [-0.05, 0) is 47.8 Å². The highest BCUT2D eigenvalue weighted by molar-refractivity contribution is 5.94. The Morgan fingerprint density at radius 1 is 0.947 bits per heavy atom. The monoisotopic (exact) mass is 260 g/mol. The van der Waals surface area contributed by atoms with Crippen LogP contribution < -0.4 is 0 Å². The number of hydrogen-bond acceptors (Lipinski definition) is 1. The summed E-state index contributed by atoms with van der Waals surface area (Å²) in [5.41, 5.74) is 4.05. The van der Waals surface area contributed by atoms with E-state index < -0.39 is 0 Å². The number of ketones is 1. The number of carbonyl (C=O) groups is 1. The fourth-order valence-corrected chi connectivity index (χ4v) is 2.81. The fourth-order valence-electron chi connectivity index (χ4n) is 2.81. The van der Waals surface area contributed by atoms with Gasteiger partial charge in [0.1, 0.15) is 0 Å². The lowest BCUT2D eigenvalue weighted by Crippen LogP contribution is -2.34. The van der Waals surface area contributed by atoms with Crippen LogP contribution in [0.4, 0.5) is 0 Å². The van der Waals surface area contributed by atoms with Crippen molar-refractivity contribution >= 4 is 5.78 Å². The van der Waals surface area contributed by atoms with E-state index in [1.165, 1.54) is 24.0 Å². The summed E-state index contributed by atoms with van der Waals surface area (Å²) in [6, 6.07) is 6.25. The molecule has 0 spiro atoms. The lowest BCUT2D eigenvalue weighted by atomic mass is 9.63. The molecule has 1 heteroatoms. The van der Waals surface area contributed by atoms with Gasteiger partial charge in [-0.2, -0.15) is 0 Å². The topological polar surface area (TPSA) is 17.1 Å². The van der Waals surface area contributed by atoms with Crippen molar-refractivity contribution in [1.29, 1.82) is 0 Å². The molecule has 19 heavy (non-hydrogen) atoms. The Labute approximate surface area is 118 Å². The first-order chi connectivity index (χ1) is 8.74. The van der Waals surface area contributed by atoms with Gasteiger partial charge in [-0.3, -0.25) is 4.79 Å². The summed E-state index contributed by atoms with van der Waals surface area (Å²) in [6.45, 7) is 14.8. The van der Waals surface area contributed by atoms with E-state index in [9.17, 15) is 4.79 Å². The fraction of sp³-hybridized carbons (Fsp3) is 0.611. The summed E-state index contributed by atoms with van der Waals surface area (Å²) >= 11 is 0. The normalized spacial score (nSPS) is 18.9. The van der Waals surface area contributed by atoms with E-state index in [0.717, 1.165) is 5.56 Å². The predicted octanol–water partition coefficient (Wildman–Crippen LogP) is 5.26. The third-order valence-corrected chi connectivity index (χ3v) is 4.26. The second-order valence-electron chi connectivity index (χ2n) is 6.58. The van der Waals surface area contributed by atoms with E-state index in [0.29, 0.717) is 0 Å². The molecular formula is C18H28O. The van der Waals surface area contributed by atoms with Gasteiger partial charge in [0.05, 0.1) is 0 Å². The highest BCUT2D eigenvalue weighted by atomic mass is 16.1. The Bertz CT molecular complexity index is 467. The highest BCUT2D eigenvalue weighted by Gasteiger charge is 2.36. The maximum absolute atomic E-state index is 11.5. The van der Waals surface area contributed by atoms with Crippen LogP contribution in [0.5, 0.6) is 0 Å². The van der Waals surface area contributed by atoms with E-state index in [2.05, 4.69) is 39.8 Å². The maximum Gasteiger partial charge on any atom is 0.159 e. The number of carbonyl (C=O) groups excluding carboxylic acids is 1. The molecule has 106 valence electrons. The molecule has 1 nitrogen and oxygen atoms in total. The molecule has 0 atom stereocenters. The van der Waals surface area contributed by atoms with Gasteiger partial charge < -0.3 is 0 Å². The molecule has 0 radical (unpaired) electrons. The van der Waals surface area contributed by atoms with Crippen molar-refractivity contribution in [2.75, 3.05) is 0 Å². The molecule has 1 aromatic carbocycles. The summed E-state index contributed by atoms with van der Waals surface area (Å²) in [5.74, 6) is 0.159. The zero-order valence-corrected chi connectivity index (χ0v) is 13.6. The smallest absolute Gasteiger partial charge is 0.159 e.